The third-order valence-electron chi connectivity index (χ3n) is 4.57. The van der Waals surface area contributed by atoms with Crippen molar-refractivity contribution in [2.75, 3.05) is 5.32 Å². The van der Waals surface area contributed by atoms with Crippen molar-refractivity contribution >= 4 is 39.7 Å². The van der Waals surface area contributed by atoms with Gasteiger partial charge in [-0.3, -0.25) is 0 Å². The zero-order valence-electron chi connectivity index (χ0n) is 14.1. The average Bonchev–Trinajstić information content (AvgIpc) is 2.91. The van der Waals surface area contributed by atoms with E-state index in [0.29, 0.717) is 5.02 Å². The Balaban J connectivity index is 1.82. The number of anilines is 2. The van der Waals surface area contributed by atoms with Crippen molar-refractivity contribution in [3.05, 3.63) is 88.4 Å². The molecule has 3 aromatic carbocycles. The number of aryl methyl sites for hydroxylation is 1. The van der Waals surface area contributed by atoms with E-state index >= 15 is 0 Å². The molecule has 1 N–H and O–H groups in total. The van der Waals surface area contributed by atoms with Crippen molar-refractivity contribution in [3.8, 4) is 0 Å². The van der Waals surface area contributed by atoms with Crippen LogP contribution in [0.1, 0.15) is 16.7 Å². The van der Waals surface area contributed by atoms with Crippen LogP contribution in [-0.2, 0) is 0 Å². The van der Waals surface area contributed by atoms with E-state index in [1.807, 2.05) is 42.5 Å². The second-order valence-corrected chi connectivity index (χ2v) is 6.82. The molecule has 0 aliphatic carbocycles. The summed E-state index contributed by atoms with van der Waals surface area (Å²) < 4.78 is 0. The van der Waals surface area contributed by atoms with Crippen LogP contribution in [0.5, 0.6) is 0 Å². The molecule has 5 heteroatoms. The number of aromatic nitrogens is 2. The molecule has 0 bridgehead atoms. The molecular formula is C21H15ClN4. The first-order valence-electron chi connectivity index (χ1n) is 8.40. The van der Waals surface area contributed by atoms with Crippen LogP contribution in [-0.4, -0.2) is 15.6 Å². The number of fused-ring (bicyclic) bond motifs is 4. The molecule has 5 rings (SSSR count). The maximum absolute atomic E-state index is 6.28. The molecule has 0 fully saturated rings. The van der Waals surface area contributed by atoms with Crippen molar-refractivity contribution in [3.63, 3.8) is 0 Å². The summed E-state index contributed by atoms with van der Waals surface area (Å²) >= 11 is 6.28. The molecule has 1 aliphatic heterocycles. The molecule has 26 heavy (non-hydrogen) atoms. The van der Waals surface area contributed by atoms with Crippen LogP contribution in [0.2, 0.25) is 5.02 Å². The number of nitrogens with zero attached hydrogens (tertiary/aromatic N) is 3. The highest BCUT2D eigenvalue weighted by molar-refractivity contribution is 6.31. The van der Waals surface area contributed by atoms with Gasteiger partial charge in [0.2, 0.25) is 0 Å². The smallest absolute Gasteiger partial charge is 0.162 e. The minimum absolute atomic E-state index is 0.676. The summed E-state index contributed by atoms with van der Waals surface area (Å²) in [5.41, 5.74) is 5.88. The third-order valence-corrected chi connectivity index (χ3v) is 4.81. The predicted octanol–water partition coefficient (Wildman–Crippen LogP) is 5.36. The van der Waals surface area contributed by atoms with Gasteiger partial charge >= 0.3 is 0 Å². The lowest BCUT2D eigenvalue weighted by Crippen LogP contribution is -2.06. The number of halogens is 1. The Morgan fingerprint density at radius 1 is 0.962 bits per heavy atom. The largest absolute Gasteiger partial charge is 0.338 e. The van der Waals surface area contributed by atoms with Gasteiger partial charge in [-0.15, -0.1) is 15.0 Å². The summed E-state index contributed by atoms with van der Waals surface area (Å²) in [5, 5.41) is 14.7. The van der Waals surface area contributed by atoms with Gasteiger partial charge in [-0.05, 0) is 37.3 Å². The molecule has 4 nitrogen and oxygen atoms in total. The van der Waals surface area contributed by atoms with E-state index in [4.69, 9.17) is 16.7 Å². The Labute approximate surface area is 155 Å². The molecule has 2 heterocycles. The van der Waals surface area contributed by atoms with E-state index in [-0.39, 0.29) is 0 Å². The highest BCUT2D eigenvalue weighted by atomic mass is 35.5. The molecule has 1 aliphatic rings. The number of hydrogen-bond donors (Lipinski definition) is 1. The van der Waals surface area contributed by atoms with Crippen LogP contribution in [0, 0.1) is 6.92 Å². The molecule has 0 amide bonds. The standard InChI is InChI=1S/C21H15ClN4/c1-13-6-8-14(9-7-13)20-17-12-15(22)10-11-18(17)23-21-16-4-2-3-5-19(16)24-26(21)25-20/h2-12,23H,1H3. The lowest BCUT2D eigenvalue weighted by molar-refractivity contribution is 0.764. The van der Waals surface area contributed by atoms with Gasteiger partial charge in [-0.2, -0.15) is 0 Å². The minimum atomic E-state index is 0.676. The van der Waals surface area contributed by atoms with Gasteiger partial charge in [0.1, 0.15) is 5.71 Å². The fourth-order valence-electron chi connectivity index (χ4n) is 3.23. The number of benzene rings is 3. The molecule has 0 saturated heterocycles. The van der Waals surface area contributed by atoms with Crippen LogP contribution in [0.15, 0.2) is 71.8 Å². The normalized spacial score (nSPS) is 12.8. The molecule has 0 atom stereocenters. The van der Waals surface area contributed by atoms with E-state index in [1.165, 1.54) is 5.56 Å². The SMILES string of the molecule is Cc1ccc(C2=Nn3nc4ccccc4c3Nc3ccc(Cl)cc32)cc1. The fraction of sp³-hybridized carbons (Fsp3) is 0.0476. The summed E-state index contributed by atoms with van der Waals surface area (Å²) in [6, 6.07) is 22.1. The minimum Gasteiger partial charge on any atom is -0.338 e. The first-order valence-corrected chi connectivity index (χ1v) is 8.77. The second-order valence-electron chi connectivity index (χ2n) is 6.38. The highest BCUT2D eigenvalue weighted by Crippen LogP contribution is 2.33. The molecular weight excluding hydrogens is 344 g/mol. The first-order chi connectivity index (χ1) is 12.7. The van der Waals surface area contributed by atoms with Gasteiger partial charge in [0.05, 0.1) is 5.52 Å². The van der Waals surface area contributed by atoms with Crippen molar-refractivity contribution < 1.29 is 0 Å². The van der Waals surface area contributed by atoms with Gasteiger partial charge in [-0.25, -0.2) is 0 Å². The number of hydrogen-bond acceptors (Lipinski definition) is 3. The Hall–Kier alpha value is -3.11. The Morgan fingerprint density at radius 2 is 1.77 bits per heavy atom. The van der Waals surface area contributed by atoms with Crippen LogP contribution >= 0.6 is 11.6 Å². The van der Waals surface area contributed by atoms with Gasteiger partial charge in [0.25, 0.3) is 0 Å². The van der Waals surface area contributed by atoms with Crippen LogP contribution < -0.4 is 5.32 Å². The van der Waals surface area contributed by atoms with E-state index in [9.17, 15) is 0 Å². The van der Waals surface area contributed by atoms with E-state index in [0.717, 1.165) is 39.2 Å². The van der Waals surface area contributed by atoms with Gasteiger partial charge in [-0.1, -0.05) is 53.6 Å². The second kappa shape index (κ2) is 5.71. The Morgan fingerprint density at radius 3 is 2.62 bits per heavy atom. The molecule has 0 unspecified atom stereocenters. The quantitative estimate of drug-likeness (QED) is 0.438. The summed E-state index contributed by atoms with van der Waals surface area (Å²) in [6.45, 7) is 2.07. The van der Waals surface area contributed by atoms with Gasteiger partial charge < -0.3 is 5.32 Å². The van der Waals surface area contributed by atoms with Gasteiger partial charge in [0, 0.05) is 27.2 Å². The summed E-state index contributed by atoms with van der Waals surface area (Å²) in [5.74, 6) is 0.853. The van der Waals surface area contributed by atoms with Crippen molar-refractivity contribution in [2.45, 2.75) is 6.92 Å². The van der Waals surface area contributed by atoms with E-state index in [2.05, 4.69) is 41.6 Å². The summed E-state index contributed by atoms with van der Waals surface area (Å²) in [4.78, 5) is 1.67. The molecule has 126 valence electrons. The molecule has 0 radical (unpaired) electrons. The maximum Gasteiger partial charge on any atom is 0.162 e. The Kier molecular flexibility index (Phi) is 3.33. The van der Waals surface area contributed by atoms with Crippen LogP contribution in [0.4, 0.5) is 11.5 Å². The van der Waals surface area contributed by atoms with Crippen LogP contribution in [0.3, 0.4) is 0 Å². The highest BCUT2D eigenvalue weighted by Gasteiger charge is 2.21. The first kappa shape index (κ1) is 15.2. The molecule has 1 aromatic heterocycles. The predicted molar refractivity (Wildman–Crippen MR) is 107 cm³/mol. The van der Waals surface area contributed by atoms with Crippen molar-refractivity contribution in [2.24, 2.45) is 5.10 Å². The number of nitrogens with one attached hydrogen (secondary N) is 1. The summed E-state index contributed by atoms with van der Waals surface area (Å²) in [7, 11) is 0. The third kappa shape index (κ3) is 2.38. The summed E-state index contributed by atoms with van der Waals surface area (Å²) in [6.07, 6.45) is 0. The average molecular weight is 359 g/mol. The Bertz CT molecular complexity index is 1170. The molecule has 0 spiro atoms. The van der Waals surface area contributed by atoms with E-state index < -0.39 is 0 Å². The number of rotatable bonds is 1. The monoisotopic (exact) mass is 358 g/mol. The lowest BCUT2D eigenvalue weighted by atomic mass is 10.00. The topological polar surface area (TPSA) is 42.2 Å². The zero-order valence-corrected chi connectivity index (χ0v) is 14.8. The van der Waals surface area contributed by atoms with Gasteiger partial charge in [0.15, 0.2) is 5.82 Å². The van der Waals surface area contributed by atoms with Crippen LogP contribution in [0.25, 0.3) is 10.9 Å². The molecule has 4 aromatic rings. The lowest BCUT2D eigenvalue weighted by Gasteiger charge is -2.11. The molecule has 0 saturated carbocycles. The van der Waals surface area contributed by atoms with Crippen molar-refractivity contribution in [1.82, 2.24) is 9.89 Å². The van der Waals surface area contributed by atoms with Crippen molar-refractivity contribution in [1.29, 1.82) is 0 Å². The fourth-order valence-corrected chi connectivity index (χ4v) is 3.40. The maximum atomic E-state index is 6.28. The van der Waals surface area contributed by atoms with E-state index in [1.54, 1.807) is 4.79 Å². The zero-order chi connectivity index (χ0) is 17.7.